The smallest absolute Gasteiger partial charge is 0.405 e. The van der Waals surface area contributed by atoms with Crippen LogP contribution < -0.4 is 10.1 Å². The van der Waals surface area contributed by atoms with E-state index in [2.05, 4.69) is 15.9 Å². The van der Waals surface area contributed by atoms with Crippen molar-refractivity contribution in [2.45, 2.75) is 19.2 Å². The topological polar surface area (TPSA) is 58.6 Å². The molecule has 8 heteroatoms. The first-order valence-corrected chi connectivity index (χ1v) is 6.42. The van der Waals surface area contributed by atoms with Crippen LogP contribution in [0.5, 0.6) is 5.75 Å². The van der Waals surface area contributed by atoms with Crippen LogP contribution in [0, 0.1) is 0 Å². The van der Waals surface area contributed by atoms with Crippen molar-refractivity contribution < 1.29 is 27.8 Å². The van der Waals surface area contributed by atoms with Crippen molar-refractivity contribution in [1.29, 1.82) is 0 Å². The molecule has 0 aromatic heterocycles. The summed E-state index contributed by atoms with van der Waals surface area (Å²) in [6, 6.07) is 4.80. The molecule has 20 heavy (non-hydrogen) atoms. The second kappa shape index (κ2) is 6.94. The van der Waals surface area contributed by atoms with Crippen LogP contribution in [0.1, 0.15) is 18.6 Å². The van der Waals surface area contributed by atoms with Crippen LogP contribution in [0.25, 0.3) is 0 Å². The van der Waals surface area contributed by atoms with Gasteiger partial charge in [-0.25, -0.2) is 0 Å². The van der Waals surface area contributed by atoms with Crippen LogP contribution in [0.2, 0.25) is 0 Å². The van der Waals surface area contributed by atoms with Gasteiger partial charge in [0.15, 0.2) is 6.61 Å². The molecular weight excluding hydrogens is 343 g/mol. The Hall–Kier alpha value is -1.28. The van der Waals surface area contributed by atoms with E-state index in [4.69, 9.17) is 4.74 Å². The molecule has 0 aliphatic heterocycles. The van der Waals surface area contributed by atoms with Gasteiger partial charge in [-0.2, -0.15) is 13.2 Å². The quantitative estimate of drug-likeness (QED) is 0.853. The van der Waals surface area contributed by atoms with Gasteiger partial charge in [-0.05, 0) is 19.1 Å². The summed E-state index contributed by atoms with van der Waals surface area (Å²) in [6.07, 6.45) is -5.28. The van der Waals surface area contributed by atoms with Crippen molar-refractivity contribution in [2.75, 3.05) is 13.2 Å². The first-order valence-electron chi connectivity index (χ1n) is 5.63. The zero-order chi connectivity index (χ0) is 15.3. The number of carbonyl (C=O) groups excluding carboxylic acids is 1. The lowest BCUT2D eigenvalue weighted by Crippen LogP contribution is -2.36. The predicted octanol–water partition coefficient (Wildman–Crippen LogP) is 2.56. The molecule has 0 spiro atoms. The van der Waals surface area contributed by atoms with Crippen LogP contribution >= 0.6 is 15.9 Å². The highest BCUT2D eigenvalue weighted by molar-refractivity contribution is 9.10. The highest BCUT2D eigenvalue weighted by atomic mass is 79.9. The number of halogens is 4. The largest absolute Gasteiger partial charge is 0.483 e. The fourth-order valence-electron chi connectivity index (χ4n) is 1.37. The van der Waals surface area contributed by atoms with Gasteiger partial charge in [-0.3, -0.25) is 4.79 Å². The Morgan fingerprint density at radius 2 is 2.15 bits per heavy atom. The lowest BCUT2D eigenvalue weighted by molar-refractivity contribution is -0.139. The summed E-state index contributed by atoms with van der Waals surface area (Å²) in [4.78, 5) is 11.2. The maximum Gasteiger partial charge on any atom is 0.405 e. The molecule has 1 amide bonds. The van der Waals surface area contributed by atoms with Crippen molar-refractivity contribution in [3.8, 4) is 5.75 Å². The molecule has 0 bridgehead atoms. The Morgan fingerprint density at radius 1 is 1.50 bits per heavy atom. The van der Waals surface area contributed by atoms with Crippen molar-refractivity contribution >= 4 is 21.8 Å². The van der Waals surface area contributed by atoms with E-state index in [1.165, 1.54) is 13.0 Å². The Labute approximate surface area is 122 Å². The minimum atomic E-state index is -4.46. The van der Waals surface area contributed by atoms with Crippen LogP contribution in [-0.2, 0) is 4.79 Å². The molecule has 1 unspecified atom stereocenters. The van der Waals surface area contributed by atoms with Gasteiger partial charge >= 0.3 is 6.18 Å². The van der Waals surface area contributed by atoms with Crippen LogP contribution in [0.15, 0.2) is 22.7 Å². The van der Waals surface area contributed by atoms with Gasteiger partial charge in [-0.15, -0.1) is 0 Å². The molecule has 1 aromatic carbocycles. The van der Waals surface area contributed by atoms with Crippen molar-refractivity contribution in [2.24, 2.45) is 0 Å². The van der Waals surface area contributed by atoms with Crippen molar-refractivity contribution in [3.05, 3.63) is 28.2 Å². The minimum absolute atomic E-state index is 0.233. The number of aliphatic hydroxyl groups is 1. The maximum absolute atomic E-state index is 11.9. The van der Waals surface area contributed by atoms with E-state index in [0.29, 0.717) is 10.0 Å². The number of alkyl halides is 3. The molecule has 2 N–H and O–H groups in total. The first kappa shape index (κ1) is 16.8. The molecule has 1 rings (SSSR count). The first-order chi connectivity index (χ1) is 9.19. The molecule has 1 atom stereocenters. The van der Waals surface area contributed by atoms with E-state index in [9.17, 15) is 23.1 Å². The van der Waals surface area contributed by atoms with Gasteiger partial charge in [0.05, 0.1) is 6.10 Å². The van der Waals surface area contributed by atoms with Gasteiger partial charge in [0.25, 0.3) is 5.91 Å². The Morgan fingerprint density at radius 3 is 2.70 bits per heavy atom. The summed E-state index contributed by atoms with van der Waals surface area (Å²) in [7, 11) is 0. The van der Waals surface area contributed by atoms with Gasteiger partial charge in [0, 0.05) is 10.0 Å². The number of hydrogen-bond acceptors (Lipinski definition) is 3. The number of nitrogens with one attached hydrogen (secondary N) is 1. The number of carbonyl (C=O) groups is 1. The van der Waals surface area contributed by atoms with Gasteiger partial charge in [-0.1, -0.05) is 22.0 Å². The maximum atomic E-state index is 11.9. The highest BCUT2D eigenvalue weighted by Crippen LogP contribution is 2.28. The molecule has 0 aliphatic rings. The average Bonchev–Trinajstić information content (AvgIpc) is 2.32. The lowest BCUT2D eigenvalue weighted by Gasteiger charge is -2.14. The number of benzene rings is 1. The molecule has 4 nitrogen and oxygen atoms in total. The zero-order valence-electron chi connectivity index (χ0n) is 10.5. The minimum Gasteiger partial charge on any atom is -0.483 e. The molecule has 1 aromatic rings. The fourth-order valence-corrected chi connectivity index (χ4v) is 1.71. The third kappa shape index (κ3) is 5.79. The normalized spacial score (nSPS) is 12.9. The third-order valence-electron chi connectivity index (χ3n) is 2.27. The Bertz CT molecular complexity index is 478. The van der Waals surface area contributed by atoms with Crippen molar-refractivity contribution in [3.63, 3.8) is 0 Å². The predicted molar refractivity (Wildman–Crippen MR) is 69.3 cm³/mol. The van der Waals surface area contributed by atoms with Gasteiger partial charge in [0.1, 0.15) is 12.3 Å². The SMILES string of the molecule is CC(O)c1ccc(Br)cc1OCC(=O)NCC(F)(F)F. The summed E-state index contributed by atoms with van der Waals surface area (Å²) >= 11 is 3.20. The third-order valence-corrected chi connectivity index (χ3v) is 2.76. The Kier molecular flexibility index (Phi) is 5.82. The number of rotatable bonds is 5. The summed E-state index contributed by atoms with van der Waals surface area (Å²) in [5, 5.41) is 11.2. The highest BCUT2D eigenvalue weighted by Gasteiger charge is 2.27. The molecule has 112 valence electrons. The van der Waals surface area contributed by atoms with E-state index < -0.39 is 31.3 Å². The summed E-state index contributed by atoms with van der Waals surface area (Å²) in [5.41, 5.74) is 0.442. The Balaban J connectivity index is 2.61. The van der Waals surface area contributed by atoms with Crippen LogP contribution in [0.3, 0.4) is 0 Å². The van der Waals surface area contributed by atoms with Crippen molar-refractivity contribution in [1.82, 2.24) is 5.32 Å². The lowest BCUT2D eigenvalue weighted by atomic mass is 10.1. The van der Waals surface area contributed by atoms with Gasteiger partial charge in [0.2, 0.25) is 0 Å². The van der Waals surface area contributed by atoms with Gasteiger partial charge < -0.3 is 15.2 Å². The van der Waals surface area contributed by atoms with Crippen LogP contribution in [0.4, 0.5) is 13.2 Å². The molecule has 0 heterocycles. The summed E-state index contributed by atoms with van der Waals surface area (Å²) in [5.74, 6) is -0.657. The second-order valence-corrected chi connectivity index (χ2v) is 4.95. The van der Waals surface area contributed by atoms with E-state index in [1.807, 2.05) is 0 Å². The van der Waals surface area contributed by atoms with E-state index >= 15 is 0 Å². The molecule has 0 fully saturated rings. The monoisotopic (exact) mass is 355 g/mol. The fraction of sp³-hybridized carbons (Fsp3) is 0.417. The standard InChI is InChI=1S/C12H13BrF3NO3/c1-7(18)9-3-2-8(13)4-10(9)20-5-11(19)17-6-12(14,15)16/h2-4,7,18H,5-6H2,1H3,(H,17,19). The van der Waals surface area contributed by atoms with E-state index in [1.54, 1.807) is 17.4 Å². The van der Waals surface area contributed by atoms with E-state index in [-0.39, 0.29) is 5.75 Å². The number of amides is 1. The number of aliphatic hydroxyl groups excluding tert-OH is 1. The zero-order valence-corrected chi connectivity index (χ0v) is 12.1. The number of hydrogen-bond donors (Lipinski definition) is 2. The molecule has 0 aliphatic carbocycles. The molecule has 0 saturated heterocycles. The molecule has 0 radical (unpaired) electrons. The van der Waals surface area contributed by atoms with E-state index in [0.717, 1.165) is 0 Å². The summed E-state index contributed by atoms with van der Waals surface area (Å²) < 4.78 is 41.5. The average molecular weight is 356 g/mol. The van der Waals surface area contributed by atoms with Crippen LogP contribution in [-0.4, -0.2) is 30.3 Å². The summed E-state index contributed by atoms with van der Waals surface area (Å²) in [6.45, 7) is -0.455. The molecule has 0 saturated carbocycles. The number of ether oxygens (including phenoxy) is 1. The second-order valence-electron chi connectivity index (χ2n) is 4.04. The molecular formula is C12H13BrF3NO3.